The van der Waals surface area contributed by atoms with Crippen LogP contribution in [0.5, 0.6) is 0 Å². The maximum atomic E-state index is 10.5. The molecule has 0 bridgehead atoms. The minimum atomic E-state index is -0.801. The van der Waals surface area contributed by atoms with Gasteiger partial charge in [-0.05, 0) is 19.3 Å². The standard InChI is InChI=1S/C25H50O5/c1-2-3-4-5-6-7-8-9-10-11-12-15-18-24(30-22-23(27)21-26)19-16-13-14-17-20-25(28)29/h23-24,26-27H,2-22H2,1H3,(H,28,29). The second kappa shape index (κ2) is 23.0. The average molecular weight is 431 g/mol. The van der Waals surface area contributed by atoms with Crippen molar-refractivity contribution >= 4 is 5.97 Å². The summed E-state index contributed by atoms with van der Waals surface area (Å²) in [6.45, 7) is 2.19. The Morgan fingerprint density at radius 3 is 1.60 bits per heavy atom. The van der Waals surface area contributed by atoms with Gasteiger partial charge in [0.2, 0.25) is 0 Å². The van der Waals surface area contributed by atoms with Crippen LogP contribution >= 0.6 is 0 Å². The molecule has 0 radical (unpaired) electrons. The summed E-state index contributed by atoms with van der Waals surface area (Å²) in [5.41, 5.74) is 0. The third-order valence-corrected chi connectivity index (χ3v) is 5.78. The molecule has 5 nitrogen and oxygen atoms in total. The molecule has 0 saturated carbocycles. The van der Waals surface area contributed by atoms with Gasteiger partial charge in [-0.1, -0.05) is 103 Å². The Morgan fingerprint density at radius 1 is 0.733 bits per heavy atom. The second-order valence-corrected chi connectivity index (χ2v) is 8.82. The summed E-state index contributed by atoms with van der Waals surface area (Å²) in [5.74, 6) is -0.721. The number of rotatable bonds is 24. The van der Waals surface area contributed by atoms with Crippen LogP contribution in [0.1, 0.15) is 129 Å². The van der Waals surface area contributed by atoms with Crippen molar-refractivity contribution in [1.82, 2.24) is 0 Å². The van der Waals surface area contributed by atoms with E-state index in [-0.39, 0.29) is 25.7 Å². The van der Waals surface area contributed by atoms with Crippen molar-refractivity contribution in [1.29, 1.82) is 0 Å². The molecule has 180 valence electrons. The van der Waals surface area contributed by atoms with E-state index in [9.17, 15) is 9.90 Å². The van der Waals surface area contributed by atoms with Crippen LogP contribution in [0.3, 0.4) is 0 Å². The number of carbonyl (C=O) groups is 1. The van der Waals surface area contributed by atoms with Gasteiger partial charge in [-0.25, -0.2) is 0 Å². The number of unbranched alkanes of at least 4 members (excludes halogenated alkanes) is 14. The summed E-state index contributed by atoms with van der Waals surface area (Å²) in [6, 6.07) is 0. The SMILES string of the molecule is CCCCCCCCCCCCCCC(CCCCCCC(=O)O)OCC(O)CO. The minimum absolute atomic E-state index is 0.133. The van der Waals surface area contributed by atoms with Gasteiger partial charge < -0.3 is 20.1 Å². The van der Waals surface area contributed by atoms with E-state index < -0.39 is 12.1 Å². The van der Waals surface area contributed by atoms with Crippen molar-refractivity contribution in [2.45, 2.75) is 141 Å². The first-order chi connectivity index (χ1) is 14.6. The van der Waals surface area contributed by atoms with Gasteiger partial charge >= 0.3 is 5.97 Å². The Balaban J connectivity index is 3.73. The number of hydrogen-bond acceptors (Lipinski definition) is 4. The van der Waals surface area contributed by atoms with E-state index in [4.69, 9.17) is 14.9 Å². The topological polar surface area (TPSA) is 87.0 Å². The lowest BCUT2D eigenvalue weighted by atomic mass is 10.0. The molecule has 0 amide bonds. The number of carboxylic acids is 1. The number of aliphatic carboxylic acids is 1. The summed E-state index contributed by atoms with van der Waals surface area (Å²) < 4.78 is 5.84. The highest BCUT2D eigenvalue weighted by Gasteiger charge is 2.12. The lowest BCUT2D eigenvalue weighted by molar-refractivity contribution is -0.137. The molecule has 0 spiro atoms. The summed E-state index contributed by atoms with van der Waals surface area (Å²) in [7, 11) is 0. The van der Waals surface area contributed by atoms with Crippen LogP contribution in [0.4, 0.5) is 0 Å². The summed E-state index contributed by atoms with van der Waals surface area (Å²) >= 11 is 0. The van der Waals surface area contributed by atoms with Gasteiger partial charge in [0.1, 0.15) is 6.10 Å². The molecular formula is C25H50O5. The Kier molecular flexibility index (Phi) is 22.5. The average Bonchev–Trinajstić information content (AvgIpc) is 2.73. The van der Waals surface area contributed by atoms with Gasteiger partial charge in [0.25, 0.3) is 0 Å². The van der Waals surface area contributed by atoms with Crippen molar-refractivity contribution in [3.8, 4) is 0 Å². The molecular weight excluding hydrogens is 380 g/mol. The van der Waals surface area contributed by atoms with Crippen molar-refractivity contribution in [3.63, 3.8) is 0 Å². The predicted octanol–water partition coefficient (Wildman–Crippen LogP) is 6.24. The van der Waals surface area contributed by atoms with Crippen molar-refractivity contribution in [2.75, 3.05) is 13.2 Å². The smallest absolute Gasteiger partial charge is 0.303 e. The van der Waals surface area contributed by atoms with Crippen LogP contribution < -0.4 is 0 Å². The third kappa shape index (κ3) is 22.0. The van der Waals surface area contributed by atoms with Gasteiger partial charge in [-0.2, -0.15) is 0 Å². The Hall–Kier alpha value is -0.650. The van der Waals surface area contributed by atoms with E-state index in [1.165, 1.54) is 70.6 Å². The molecule has 0 aromatic rings. The largest absolute Gasteiger partial charge is 0.481 e. The first kappa shape index (κ1) is 29.4. The fraction of sp³-hybridized carbons (Fsp3) is 0.960. The molecule has 0 aliphatic rings. The molecule has 0 saturated heterocycles. The summed E-state index contributed by atoms with van der Waals surface area (Å²) in [6.07, 6.45) is 21.3. The zero-order valence-corrected chi connectivity index (χ0v) is 19.7. The van der Waals surface area contributed by atoms with Crippen LogP contribution in [0.2, 0.25) is 0 Å². The molecule has 0 fully saturated rings. The summed E-state index contributed by atoms with van der Waals surface area (Å²) in [5, 5.41) is 27.2. The Labute approximate surface area is 185 Å². The van der Waals surface area contributed by atoms with E-state index in [0.29, 0.717) is 0 Å². The number of carboxylic acid groups (broad SMARTS) is 1. The molecule has 5 heteroatoms. The molecule has 0 rings (SSSR count). The number of ether oxygens (including phenoxy) is 1. The van der Waals surface area contributed by atoms with Gasteiger partial charge in [-0.15, -0.1) is 0 Å². The molecule has 0 aliphatic carbocycles. The first-order valence-electron chi connectivity index (χ1n) is 12.7. The number of aliphatic hydroxyl groups is 2. The summed E-state index contributed by atoms with van der Waals surface area (Å²) in [4.78, 5) is 10.5. The third-order valence-electron chi connectivity index (χ3n) is 5.78. The highest BCUT2D eigenvalue weighted by atomic mass is 16.5. The van der Waals surface area contributed by atoms with E-state index >= 15 is 0 Å². The first-order valence-corrected chi connectivity index (χ1v) is 12.7. The quantitative estimate of drug-likeness (QED) is 0.158. The van der Waals surface area contributed by atoms with Crippen LogP contribution in [0, 0.1) is 0 Å². The van der Waals surface area contributed by atoms with Crippen molar-refractivity contribution in [3.05, 3.63) is 0 Å². The molecule has 0 aromatic carbocycles. The molecule has 0 aromatic heterocycles. The zero-order valence-electron chi connectivity index (χ0n) is 19.7. The Morgan fingerprint density at radius 2 is 1.17 bits per heavy atom. The van der Waals surface area contributed by atoms with Crippen LogP contribution in [-0.2, 0) is 9.53 Å². The van der Waals surface area contributed by atoms with E-state index in [1.807, 2.05) is 0 Å². The van der Waals surface area contributed by atoms with Crippen LogP contribution in [0.25, 0.3) is 0 Å². The molecule has 0 heterocycles. The molecule has 0 aliphatic heterocycles. The maximum absolute atomic E-state index is 10.5. The monoisotopic (exact) mass is 430 g/mol. The zero-order chi connectivity index (χ0) is 22.3. The maximum Gasteiger partial charge on any atom is 0.303 e. The van der Waals surface area contributed by atoms with E-state index in [1.54, 1.807) is 0 Å². The fourth-order valence-corrected chi connectivity index (χ4v) is 3.83. The number of hydrogen-bond donors (Lipinski definition) is 3. The fourth-order valence-electron chi connectivity index (χ4n) is 3.83. The van der Waals surface area contributed by atoms with Gasteiger partial charge in [-0.3, -0.25) is 4.79 Å². The lowest BCUT2D eigenvalue weighted by Crippen LogP contribution is -2.24. The van der Waals surface area contributed by atoms with Gasteiger partial charge in [0.05, 0.1) is 19.3 Å². The van der Waals surface area contributed by atoms with Gasteiger partial charge in [0, 0.05) is 6.42 Å². The Bertz CT molecular complexity index is 361. The van der Waals surface area contributed by atoms with Crippen molar-refractivity contribution in [2.24, 2.45) is 0 Å². The second-order valence-electron chi connectivity index (χ2n) is 8.82. The molecule has 2 unspecified atom stereocenters. The molecule has 30 heavy (non-hydrogen) atoms. The molecule has 3 N–H and O–H groups in total. The van der Waals surface area contributed by atoms with Crippen molar-refractivity contribution < 1.29 is 24.9 Å². The predicted molar refractivity (Wildman–Crippen MR) is 124 cm³/mol. The number of aliphatic hydroxyl groups excluding tert-OH is 2. The minimum Gasteiger partial charge on any atom is -0.481 e. The van der Waals surface area contributed by atoms with E-state index in [0.717, 1.165) is 44.9 Å². The van der Waals surface area contributed by atoms with E-state index in [2.05, 4.69) is 6.92 Å². The highest BCUT2D eigenvalue weighted by molar-refractivity contribution is 5.66. The lowest BCUT2D eigenvalue weighted by Gasteiger charge is -2.19. The highest BCUT2D eigenvalue weighted by Crippen LogP contribution is 2.17. The van der Waals surface area contributed by atoms with Crippen LogP contribution in [-0.4, -0.2) is 46.7 Å². The van der Waals surface area contributed by atoms with Crippen LogP contribution in [0.15, 0.2) is 0 Å². The normalized spacial score (nSPS) is 13.4. The van der Waals surface area contributed by atoms with Gasteiger partial charge in [0.15, 0.2) is 0 Å². The molecule has 2 atom stereocenters.